The van der Waals surface area contributed by atoms with E-state index >= 15 is 0 Å². The summed E-state index contributed by atoms with van der Waals surface area (Å²) in [6, 6.07) is 11.3. The molecule has 0 saturated heterocycles. The zero-order valence-electron chi connectivity index (χ0n) is 10.6. The first-order chi connectivity index (χ1) is 9.99. The van der Waals surface area contributed by atoms with Crippen LogP contribution in [0.2, 0.25) is 5.02 Å². The van der Waals surface area contributed by atoms with Gasteiger partial charge in [0.05, 0.1) is 4.92 Å². The Morgan fingerprint density at radius 3 is 2.67 bits per heavy atom. The Hall–Kier alpha value is -1.92. The molecule has 21 heavy (non-hydrogen) atoms. The Kier molecular flexibility index (Phi) is 4.93. The topological polar surface area (TPSA) is 69.4 Å². The number of hydrogen-bond acceptors (Lipinski definition) is 4. The molecule has 0 amide bonds. The van der Waals surface area contributed by atoms with E-state index in [1.165, 1.54) is 18.2 Å². The smallest absolute Gasteiger partial charge is 0.345 e. The summed E-state index contributed by atoms with van der Waals surface area (Å²) >= 11 is 9.06. The molecular weight excluding hydrogens is 362 g/mol. The van der Waals surface area contributed by atoms with E-state index in [0.717, 1.165) is 10.0 Å². The monoisotopic (exact) mass is 369 g/mol. The fraction of sp³-hybridized carbons (Fsp3) is 0.0714. The Balaban J connectivity index is 2.18. The van der Waals surface area contributed by atoms with Crippen LogP contribution in [0, 0.1) is 10.1 Å². The van der Waals surface area contributed by atoms with E-state index < -0.39 is 16.6 Å². The molecule has 7 heteroatoms. The molecule has 0 spiro atoms. The van der Waals surface area contributed by atoms with E-state index in [0.29, 0.717) is 0 Å². The van der Waals surface area contributed by atoms with Crippen molar-refractivity contribution in [2.24, 2.45) is 0 Å². The van der Waals surface area contributed by atoms with Gasteiger partial charge in [0.1, 0.15) is 17.2 Å². The SMILES string of the molecule is O=C(OCc1cccc(Br)c1)c1cccc(Cl)c1[N+](=O)[O-]. The lowest BCUT2D eigenvalue weighted by Crippen LogP contribution is -2.08. The molecule has 0 atom stereocenters. The highest BCUT2D eigenvalue weighted by Gasteiger charge is 2.24. The predicted molar refractivity (Wildman–Crippen MR) is 81.4 cm³/mol. The molecular formula is C14H9BrClNO4. The van der Waals surface area contributed by atoms with Gasteiger partial charge in [-0.25, -0.2) is 4.79 Å². The number of benzene rings is 2. The number of halogens is 2. The van der Waals surface area contributed by atoms with Gasteiger partial charge in [-0.1, -0.05) is 45.7 Å². The van der Waals surface area contributed by atoms with Gasteiger partial charge in [-0.2, -0.15) is 0 Å². The zero-order valence-corrected chi connectivity index (χ0v) is 12.9. The Labute approximate surface area is 133 Å². The largest absolute Gasteiger partial charge is 0.457 e. The number of nitro groups is 1. The van der Waals surface area contributed by atoms with Crippen LogP contribution in [0.15, 0.2) is 46.9 Å². The highest BCUT2D eigenvalue weighted by Crippen LogP contribution is 2.28. The van der Waals surface area contributed by atoms with Crippen molar-refractivity contribution in [2.75, 3.05) is 0 Å². The maximum absolute atomic E-state index is 12.0. The minimum absolute atomic E-state index is 0.0158. The van der Waals surface area contributed by atoms with Gasteiger partial charge in [0.25, 0.3) is 0 Å². The van der Waals surface area contributed by atoms with Crippen LogP contribution in [-0.4, -0.2) is 10.9 Å². The lowest BCUT2D eigenvalue weighted by molar-refractivity contribution is -0.385. The fourth-order valence-electron chi connectivity index (χ4n) is 1.72. The van der Waals surface area contributed by atoms with Crippen molar-refractivity contribution >= 4 is 39.2 Å². The second-order valence-electron chi connectivity index (χ2n) is 4.10. The van der Waals surface area contributed by atoms with Crippen molar-refractivity contribution in [3.63, 3.8) is 0 Å². The van der Waals surface area contributed by atoms with Crippen molar-refractivity contribution in [2.45, 2.75) is 6.61 Å². The van der Waals surface area contributed by atoms with Crippen molar-refractivity contribution in [1.82, 2.24) is 0 Å². The molecule has 5 nitrogen and oxygen atoms in total. The maximum Gasteiger partial charge on any atom is 0.345 e. The molecule has 0 radical (unpaired) electrons. The van der Waals surface area contributed by atoms with E-state index in [4.69, 9.17) is 16.3 Å². The number of hydrogen-bond donors (Lipinski definition) is 0. The zero-order chi connectivity index (χ0) is 15.4. The molecule has 2 rings (SSSR count). The van der Waals surface area contributed by atoms with Crippen molar-refractivity contribution < 1.29 is 14.5 Å². The third-order valence-corrected chi connectivity index (χ3v) is 3.45. The number of nitrogens with zero attached hydrogens (tertiary/aromatic N) is 1. The third-order valence-electron chi connectivity index (χ3n) is 2.65. The van der Waals surface area contributed by atoms with Crippen molar-refractivity contribution in [3.8, 4) is 0 Å². The van der Waals surface area contributed by atoms with Gasteiger partial charge < -0.3 is 4.74 Å². The summed E-state index contributed by atoms with van der Waals surface area (Å²) < 4.78 is 5.94. The van der Waals surface area contributed by atoms with Crippen LogP contribution in [0.5, 0.6) is 0 Å². The lowest BCUT2D eigenvalue weighted by atomic mass is 10.2. The minimum Gasteiger partial charge on any atom is -0.457 e. The van der Waals surface area contributed by atoms with E-state index in [1.54, 1.807) is 18.2 Å². The number of carbonyl (C=O) groups is 1. The van der Waals surface area contributed by atoms with Crippen molar-refractivity contribution in [3.05, 3.63) is 73.2 Å². The molecule has 0 aliphatic heterocycles. The number of rotatable bonds is 4. The van der Waals surface area contributed by atoms with Crippen LogP contribution >= 0.6 is 27.5 Å². The van der Waals surface area contributed by atoms with Gasteiger partial charge in [-0.3, -0.25) is 10.1 Å². The Morgan fingerprint density at radius 2 is 2.00 bits per heavy atom. The second kappa shape index (κ2) is 6.69. The second-order valence-corrected chi connectivity index (χ2v) is 5.42. The highest BCUT2D eigenvalue weighted by atomic mass is 79.9. The molecule has 0 fully saturated rings. The molecule has 2 aromatic rings. The predicted octanol–water partition coefficient (Wildman–Crippen LogP) is 4.37. The molecule has 0 N–H and O–H groups in total. The highest BCUT2D eigenvalue weighted by molar-refractivity contribution is 9.10. The van der Waals surface area contributed by atoms with E-state index in [2.05, 4.69) is 15.9 Å². The molecule has 0 bridgehead atoms. The normalized spacial score (nSPS) is 10.2. The number of nitro benzene ring substituents is 1. The van der Waals surface area contributed by atoms with Crippen LogP contribution < -0.4 is 0 Å². The first-order valence-corrected chi connectivity index (χ1v) is 7.00. The van der Waals surface area contributed by atoms with Crippen LogP contribution in [0.4, 0.5) is 5.69 Å². The number of esters is 1. The van der Waals surface area contributed by atoms with Crippen LogP contribution in [0.1, 0.15) is 15.9 Å². The van der Waals surface area contributed by atoms with Gasteiger partial charge in [-0.15, -0.1) is 0 Å². The fourth-order valence-corrected chi connectivity index (χ4v) is 2.41. The summed E-state index contributed by atoms with van der Waals surface area (Å²) in [4.78, 5) is 22.3. The lowest BCUT2D eigenvalue weighted by Gasteiger charge is -2.06. The summed E-state index contributed by atoms with van der Waals surface area (Å²) in [6.45, 7) is 0.0158. The minimum atomic E-state index is -0.788. The van der Waals surface area contributed by atoms with Gasteiger partial charge in [0, 0.05) is 4.47 Å². The molecule has 0 aliphatic carbocycles. The number of para-hydroxylation sites is 1. The van der Waals surface area contributed by atoms with Gasteiger partial charge in [-0.05, 0) is 29.8 Å². The molecule has 108 valence electrons. The molecule has 2 aromatic carbocycles. The first-order valence-electron chi connectivity index (χ1n) is 5.83. The van der Waals surface area contributed by atoms with E-state index in [9.17, 15) is 14.9 Å². The summed E-state index contributed by atoms with van der Waals surface area (Å²) in [6.07, 6.45) is 0. The maximum atomic E-state index is 12.0. The quantitative estimate of drug-likeness (QED) is 0.455. The molecule has 0 heterocycles. The van der Waals surface area contributed by atoms with Gasteiger partial charge in [0.15, 0.2) is 0 Å². The molecule has 0 aliphatic rings. The van der Waals surface area contributed by atoms with Crippen LogP contribution in [0.3, 0.4) is 0 Å². The van der Waals surface area contributed by atoms with Crippen molar-refractivity contribution in [1.29, 1.82) is 0 Å². The first kappa shape index (κ1) is 15.5. The van der Waals surface area contributed by atoms with E-state index in [-0.39, 0.29) is 17.2 Å². The van der Waals surface area contributed by atoms with Crippen LogP contribution in [0.25, 0.3) is 0 Å². The van der Waals surface area contributed by atoms with Gasteiger partial charge >= 0.3 is 11.7 Å². The standard InChI is InChI=1S/C14H9BrClNO4/c15-10-4-1-3-9(7-10)8-21-14(18)11-5-2-6-12(16)13(11)17(19)20/h1-7H,8H2. The third kappa shape index (κ3) is 3.80. The van der Waals surface area contributed by atoms with E-state index in [1.807, 2.05) is 6.07 Å². The molecule has 0 aromatic heterocycles. The van der Waals surface area contributed by atoms with Gasteiger partial charge in [0.2, 0.25) is 0 Å². The summed E-state index contributed by atoms with van der Waals surface area (Å²) in [5.74, 6) is -0.788. The number of ether oxygens (including phenoxy) is 1. The summed E-state index contributed by atoms with van der Waals surface area (Å²) in [5, 5.41) is 10.9. The number of carbonyl (C=O) groups excluding carboxylic acids is 1. The Morgan fingerprint density at radius 1 is 1.29 bits per heavy atom. The average molecular weight is 371 g/mol. The Bertz CT molecular complexity index is 705. The average Bonchev–Trinajstić information content (AvgIpc) is 2.44. The molecule has 0 unspecified atom stereocenters. The summed E-state index contributed by atoms with van der Waals surface area (Å²) in [7, 11) is 0. The molecule has 0 saturated carbocycles. The van der Waals surface area contributed by atoms with Crippen LogP contribution in [-0.2, 0) is 11.3 Å². The summed E-state index contributed by atoms with van der Waals surface area (Å²) in [5.41, 5.74) is 0.156.